The zero-order chi connectivity index (χ0) is 18.1. The van der Waals surface area contributed by atoms with Gasteiger partial charge < -0.3 is 20.4 Å². The van der Waals surface area contributed by atoms with Gasteiger partial charge in [0.1, 0.15) is 18.1 Å². The molecule has 25 heavy (non-hydrogen) atoms. The third kappa shape index (κ3) is 5.95. The molecule has 0 saturated heterocycles. The fraction of sp³-hybridized carbons (Fsp3) is 0.333. The van der Waals surface area contributed by atoms with Gasteiger partial charge in [-0.2, -0.15) is 0 Å². The van der Waals surface area contributed by atoms with Crippen molar-refractivity contribution in [2.75, 3.05) is 19.6 Å². The van der Waals surface area contributed by atoms with Crippen LogP contribution < -0.4 is 16.0 Å². The maximum atomic E-state index is 13.5. The van der Waals surface area contributed by atoms with Gasteiger partial charge in [0, 0.05) is 25.2 Å². The zero-order valence-corrected chi connectivity index (χ0v) is 14.4. The Hall–Kier alpha value is -2.83. The van der Waals surface area contributed by atoms with Gasteiger partial charge >= 0.3 is 0 Å². The second kappa shape index (κ2) is 9.46. The summed E-state index contributed by atoms with van der Waals surface area (Å²) in [5.41, 5.74) is 0.822. The quantitative estimate of drug-likeness (QED) is 0.408. The van der Waals surface area contributed by atoms with E-state index in [1.165, 1.54) is 6.07 Å². The Bertz CT molecular complexity index is 714. The molecule has 0 spiro atoms. The number of nitrogens with zero attached hydrogens (tertiary/aromatic N) is 1. The van der Waals surface area contributed by atoms with E-state index in [1.807, 2.05) is 19.1 Å². The summed E-state index contributed by atoms with van der Waals surface area (Å²) in [6, 6.07) is 8.11. The summed E-state index contributed by atoms with van der Waals surface area (Å²) in [4.78, 5) is 16.4. The van der Waals surface area contributed by atoms with E-state index in [0.717, 1.165) is 12.3 Å². The summed E-state index contributed by atoms with van der Waals surface area (Å²) in [6.45, 7) is 5.66. The third-order valence-electron chi connectivity index (χ3n) is 3.45. The van der Waals surface area contributed by atoms with Crippen molar-refractivity contribution in [3.05, 3.63) is 59.3 Å². The number of carbonyl (C=O) groups is 1. The molecule has 3 N–H and O–H groups in total. The molecule has 1 heterocycles. The van der Waals surface area contributed by atoms with Crippen molar-refractivity contribution in [2.24, 2.45) is 4.99 Å². The van der Waals surface area contributed by atoms with Gasteiger partial charge in [0.05, 0.1) is 6.26 Å². The number of benzene rings is 1. The van der Waals surface area contributed by atoms with E-state index in [0.29, 0.717) is 36.7 Å². The Morgan fingerprint density at radius 1 is 1.20 bits per heavy atom. The minimum absolute atomic E-state index is 0.307. The summed E-state index contributed by atoms with van der Waals surface area (Å²) < 4.78 is 18.7. The number of hydrogen-bond acceptors (Lipinski definition) is 3. The van der Waals surface area contributed by atoms with Crippen LogP contribution in [0.1, 0.15) is 28.6 Å². The van der Waals surface area contributed by atoms with Crippen LogP contribution in [-0.4, -0.2) is 31.5 Å². The predicted molar refractivity (Wildman–Crippen MR) is 95.0 cm³/mol. The first-order chi connectivity index (χ1) is 12.1. The third-order valence-corrected chi connectivity index (χ3v) is 3.45. The van der Waals surface area contributed by atoms with E-state index < -0.39 is 0 Å². The number of amides is 1. The van der Waals surface area contributed by atoms with Gasteiger partial charge in [0.2, 0.25) is 0 Å². The maximum Gasteiger partial charge on any atom is 0.251 e. The standard InChI is InChI=1S/C18H23FN4O2/c1-3-20-18(23-12-15-5-4-10-25-15)22-9-8-21-17(24)14-7-6-13(2)16(19)11-14/h4-7,10-11H,3,8-9,12H2,1-2H3,(H,21,24)(H2,20,22,23). The lowest BCUT2D eigenvalue weighted by atomic mass is 10.1. The minimum Gasteiger partial charge on any atom is -0.467 e. The largest absolute Gasteiger partial charge is 0.467 e. The summed E-state index contributed by atoms with van der Waals surface area (Å²) in [6.07, 6.45) is 1.61. The first kappa shape index (κ1) is 18.5. The van der Waals surface area contributed by atoms with Crippen LogP contribution in [0.4, 0.5) is 4.39 Å². The number of aryl methyl sites for hydroxylation is 1. The van der Waals surface area contributed by atoms with E-state index in [2.05, 4.69) is 20.9 Å². The van der Waals surface area contributed by atoms with E-state index in [-0.39, 0.29) is 11.7 Å². The molecule has 0 aliphatic rings. The summed E-state index contributed by atoms with van der Waals surface area (Å²) in [5, 5.41) is 8.98. The Morgan fingerprint density at radius 2 is 2.00 bits per heavy atom. The number of guanidine groups is 1. The topological polar surface area (TPSA) is 78.7 Å². The highest BCUT2D eigenvalue weighted by Gasteiger charge is 2.07. The number of hydrogen-bond donors (Lipinski definition) is 3. The highest BCUT2D eigenvalue weighted by Crippen LogP contribution is 2.08. The van der Waals surface area contributed by atoms with Crippen molar-refractivity contribution >= 4 is 11.9 Å². The monoisotopic (exact) mass is 346 g/mol. The van der Waals surface area contributed by atoms with Crippen molar-refractivity contribution in [1.29, 1.82) is 0 Å². The molecule has 0 fully saturated rings. The Balaban J connectivity index is 1.78. The molecule has 0 atom stereocenters. The molecule has 0 unspecified atom stereocenters. The van der Waals surface area contributed by atoms with Gasteiger partial charge in [-0.3, -0.25) is 4.79 Å². The van der Waals surface area contributed by atoms with Gasteiger partial charge in [-0.15, -0.1) is 0 Å². The highest BCUT2D eigenvalue weighted by molar-refractivity contribution is 5.94. The molecule has 0 aliphatic carbocycles. The van der Waals surface area contributed by atoms with Gasteiger partial charge in [0.15, 0.2) is 5.96 Å². The number of aliphatic imine (C=N–C) groups is 1. The lowest BCUT2D eigenvalue weighted by Crippen LogP contribution is -2.41. The molecule has 0 aliphatic heterocycles. The smallest absolute Gasteiger partial charge is 0.251 e. The van der Waals surface area contributed by atoms with E-state index in [9.17, 15) is 9.18 Å². The average Bonchev–Trinajstić information content (AvgIpc) is 3.12. The van der Waals surface area contributed by atoms with Crippen LogP contribution in [0.5, 0.6) is 0 Å². The van der Waals surface area contributed by atoms with Crippen molar-refractivity contribution in [2.45, 2.75) is 20.4 Å². The van der Waals surface area contributed by atoms with Gasteiger partial charge in [-0.1, -0.05) is 6.07 Å². The second-order valence-electron chi connectivity index (χ2n) is 5.42. The Kier molecular flexibility index (Phi) is 7.00. The molecule has 2 rings (SSSR count). The number of furan rings is 1. The Morgan fingerprint density at radius 3 is 2.68 bits per heavy atom. The SMILES string of the molecule is CCNC(=NCc1ccco1)NCCNC(=O)c1ccc(C)c(F)c1. The zero-order valence-electron chi connectivity index (χ0n) is 14.4. The molecule has 0 saturated carbocycles. The average molecular weight is 346 g/mol. The van der Waals surface area contributed by atoms with Crippen molar-refractivity contribution < 1.29 is 13.6 Å². The lowest BCUT2D eigenvalue weighted by Gasteiger charge is -2.11. The molecule has 0 bridgehead atoms. The van der Waals surface area contributed by atoms with Crippen LogP contribution in [0.25, 0.3) is 0 Å². The van der Waals surface area contributed by atoms with Crippen LogP contribution in [0.2, 0.25) is 0 Å². The molecule has 134 valence electrons. The van der Waals surface area contributed by atoms with Crippen LogP contribution in [-0.2, 0) is 6.54 Å². The summed E-state index contributed by atoms with van der Waals surface area (Å²) in [5.74, 6) is 0.713. The number of rotatable bonds is 7. The number of nitrogens with one attached hydrogen (secondary N) is 3. The van der Waals surface area contributed by atoms with Crippen LogP contribution in [0.3, 0.4) is 0 Å². The van der Waals surface area contributed by atoms with Crippen LogP contribution in [0, 0.1) is 12.7 Å². The minimum atomic E-state index is -0.384. The number of halogens is 1. The molecule has 1 aromatic carbocycles. The Labute approximate surface area is 146 Å². The summed E-state index contributed by atoms with van der Waals surface area (Å²) >= 11 is 0. The number of carbonyl (C=O) groups excluding carboxylic acids is 1. The van der Waals surface area contributed by atoms with Crippen molar-refractivity contribution in [3.8, 4) is 0 Å². The first-order valence-electron chi connectivity index (χ1n) is 8.19. The molecule has 1 amide bonds. The molecule has 1 aromatic heterocycles. The van der Waals surface area contributed by atoms with Gasteiger partial charge in [-0.25, -0.2) is 9.38 Å². The van der Waals surface area contributed by atoms with Gasteiger partial charge in [0.25, 0.3) is 5.91 Å². The lowest BCUT2D eigenvalue weighted by molar-refractivity contribution is 0.0954. The fourth-order valence-electron chi connectivity index (χ4n) is 2.09. The van der Waals surface area contributed by atoms with Crippen LogP contribution in [0.15, 0.2) is 46.0 Å². The molecule has 2 aromatic rings. The van der Waals surface area contributed by atoms with Crippen LogP contribution >= 0.6 is 0 Å². The molecule has 6 nitrogen and oxygen atoms in total. The van der Waals surface area contributed by atoms with E-state index in [1.54, 1.807) is 25.3 Å². The maximum absolute atomic E-state index is 13.5. The fourth-order valence-corrected chi connectivity index (χ4v) is 2.09. The van der Waals surface area contributed by atoms with E-state index >= 15 is 0 Å². The van der Waals surface area contributed by atoms with Crippen molar-refractivity contribution in [3.63, 3.8) is 0 Å². The highest BCUT2D eigenvalue weighted by atomic mass is 19.1. The molecule has 0 radical (unpaired) electrons. The molecule has 7 heteroatoms. The normalized spacial score (nSPS) is 11.2. The summed E-state index contributed by atoms with van der Waals surface area (Å²) in [7, 11) is 0. The first-order valence-corrected chi connectivity index (χ1v) is 8.19. The van der Waals surface area contributed by atoms with Crippen molar-refractivity contribution in [1.82, 2.24) is 16.0 Å². The van der Waals surface area contributed by atoms with E-state index in [4.69, 9.17) is 4.42 Å². The molecular formula is C18H23FN4O2. The van der Waals surface area contributed by atoms with Gasteiger partial charge in [-0.05, 0) is 43.7 Å². The predicted octanol–water partition coefficient (Wildman–Crippen LogP) is 2.21. The molecular weight excluding hydrogens is 323 g/mol. The second-order valence-corrected chi connectivity index (χ2v) is 5.42.